The molecule has 0 heterocycles. The second-order valence-electron chi connectivity index (χ2n) is 9.06. The van der Waals surface area contributed by atoms with E-state index in [9.17, 15) is 0 Å². The zero-order valence-corrected chi connectivity index (χ0v) is 23.7. The van der Waals surface area contributed by atoms with Gasteiger partial charge in [-0.1, -0.05) is 0 Å². The van der Waals surface area contributed by atoms with Crippen molar-refractivity contribution in [3.63, 3.8) is 0 Å². The van der Waals surface area contributed by atoms with Crippen molar-refractivity contribution in [3.8, 4) is 0 Å². The fraction of sp³-hybridized carbons (Fsp3) is 0.333. The first-order valence-corrected chi connectivity index (χ1v) is 15.2. The van der Waals surface area contributed by atoms with Crippen LogP contribution in [0.5, 0.6) is 0 Å². The summed E-state index contributed by atoms with van der Waals surface area (Å²) >= 11 is -2.47. The van der Waals surface area contributed by atoms with Gasteiger partial charge < -0.3 is 0 Å². The van der Waals surface area contributed by atoms with Gasteiger partial charge in [0.1, 0.15) is 0 Å². The Morgan fingerprint density at radius 3 is 0.969 bits per heavy atom. The van der Waals surface area contributed by atoms with E-state index in [1.165, 1.54) is 16.7 Å². The molecule has 3 aromatic carbocycles. The summed E-state index contributed by atoms with van der Waals surface area (Å²) in [6.07, 6.45) is 0. The van der Waals surface area contributed by atoms with E-state index in [0.29, 0.717) is 0 Å². The predicted molar refractivity (Wildman–Crippen MR) is 142 cm³/mol. The molecule has 3 nitrogen and oxygen atoms in total. The summed E-state index contributed by atoms with van der Waals surface area (Å²) in [6, 6.07) is 27.5. The van der Waals surface area contributed by atoms with Crippen molar-refractivity contribution in [2.75, 3.05) is 42.3 Å². The second-order valence-corrected chi connectivity index (χ2v) is 15.8. The monoisotopic (exact) mass is 529 g/mol. The molecule has 0 bridgehead atoms. The molecule has 0 N–H and O–H groups in total. The number of nitrogens with zero attached hydrogens (tertiary/aromatic N) is 3. The standard InChI is InChI=1S/3C9H12N.Li.Sn/c3*1-10(2)8-9-6-4-3-5-7-9;;/h3*3-6H,8H2,1-2H3;;. The van der Waals surface area contributed by atoms with Gasteiger partial charge in [-0.25, -0.2) is 0 Å². The maximum atomic E-state index is 2.41. The molecule has 3 aromatic rings. The van der Waals surface area contributed by atoms with Gasteiger partial charge in [0.25, 0.3) is 0 Å². The summed E-state index contributed by atoms with van der Waals surface area (Å²) in [6.45, 7) is 2.93. The van der Waals surface area contributed by atoms with Crippen LogP contribution in [0.25, 0.3) is 0 Å². The quantitative estimate of drug-likeness (QED) is 0.394. The Bertz CT molecular complexity index is 861. The zero-order chi connectivity index (χ0) is 22.4. The van der Waals surface area contributed by atoms with Crippen LogP contribution < -0.4 is 10.7 Å². The molecular weight excluding hydrogens is 492 g/mol. The molecule has 5 heteroatoms. The predicted octanol–water partition coefficient (Wildman–Crippen LogP) is 2.01. The molecule has 0 aromatic heterocycles. The second kappa shape index (κ2) is 13.0. The van der Waals surface area contributed by atoms with Crippen molar-refractivity contribution in [2.45, 2.75) is 19.6 Å². The van der Waals surface area contributed by atoms with Gasteiger partial charge in [0.2, 0.25) is 0 Å². The van der Waals surface area contributed by atoms with Crippen molar-refractivity contribution in [1.29, 1.82) is 0 Å². The summed E-state index contributed by atoms with van der Waals surface area (Å²) in [5, 5.41) is 0. The molecule has 0 aliphatic heterocycles. The van der Waals surface area contributed by atoms with Crippen LogP contribution in [0.15, 0.2) is 72.8 Å². The van der Waals surface area contributed by atoms with Crippen LogP contribution in [0, 0.1) is 0 Å². The Morgan fingerprint density at radius 1 is 0.469 bits per heavy atom. The summed E-state index contributed by atoms with van der Waals surface area (Å²) in [5.74, 6) is 0. The van der Waals surface area contributed by atoms with E-state index in [2.05, 4.69) is 130 Å². The summed E-state index contributed by atoms with van der Waals surface area (Å²) < 4.78 is 4.78. The van der Waals surface area contributed by atoms with Gasteiger partial charge in [0, 0.05) is 18.9 Å². The minimum atomic E-state index is -2.47. The van der Waals surface area contributed by atoms with E-state index in [1.54, 1.807) is 10.7 Å². The molecular formula is C27H36LiN3Sn. The van der Waals surface area contributed by atoms with Crippen LogP contribution >= 0.6 is 0 Å². The van der Waals surface area contributed by atoms with Gasteiger partial charge in [0.15, 0.2) is 0 Å². The number of hydrogen-bond acceptors (Lipinski definition) is 3. The van der Waals surface area contributed by atoms with E-state index < -0.39 is 19.8 Å². The minimum absolute atomic E-state index is 0. The molecule has 0 atom stereocenters. The summed E-state index contributed by atoms with van der Waals surface area (Å²) in [5.41, 5.74) is 4.42. The average molecular weight is 528 g/mol. The molecule has 3 rings (SSSR count). The topological polar surface area (TPSA) is 9.72 Å². The largest absolute Gasteiger partial charge is 0 e. The first-order chi connectivity index (χ1) is 14.9. The Balaban J connectivity index is 0.00000363. The van der Waals surface area contributed by atoms with Gasteiger partial charge in [-0.2, -0.15) is 0 Å². The minimum Gasteiger partial charge on any atom is 0 e. The van der Waals surface area contributed by atoms with Gasteiger partial charge in [0.05, 0.1) is 0 Å². The Morgan fingerprint density at radius 2 is 0.719 bits per heavy atom. The zero-order valence-electron chi connectivity index (χ0n) is 20.9. The molecule has 0 fully saturated rings. The summed E-state index contributed by atoms with van der Waals surface area (Å²) in [4.78, 5) is 6.87. The molecule has 0 saturated carbocycles. The fourth-order valence-electron chi connectivity index (χ4n) is 4.16. The van der Waals surface area contributed by atoms with E-state index in [4.69, 9.17) is 0 Å². The van der Waals surface area contributed by atoms with Gasteiger partial charge in [-0.05, 0) is 0 Å². The van der Waals surface area contributed by atoms with E-state index in [-0.39, 0.29) is 18.9 Å². The maximum absolute atomic E-state index is 2.47. The first kappa shape index (κ1) is 27.2. The molecule has 0 spiro atoms. The van der Waals surface area contributed by atoms with Crippen LogP contribution in [-0.2, 0) is 19.6 Å². The van der Waals surface area contributed by atoms with E-state index in [0.717, 1.165) is 19.6 Å². The van der Waals surface area contributed by atoms with E-state index >= 15 is 0 Å². The molecule has 0 aliphatic carbocycles. The fourth-order valence-corrected chi connectivity index (χ4v) is 13.0. The molecule has 0 aliphatic rings. The van der Waals surface area contributed by atoms with Crippen LogP contribution in [-0.4, -0.2) is 95.6 Å². The van der Waals surface area contributed by atoms with Crippen LogP contribution in [0.2, 0.25) is 0 Å². The van der Waals surface area contributed by atoms with Crippen molar-refractivity contribution < 1.29 is 0 Å². The van der Waals surface area contributed by atoms with Crippen LogP contribution in [0.4, 0.5) is 0 Å². The smallest absolute Gasteiger partial charge is 0 e. The molecule has 0 saturated heterocycles. The van der Waals surface area contributed by atoms with Crippen molar-refractivity contribution in [1.82, 2.24) is 14.7 Å². The van der Waals surface area contributed by atoms with Gasteiger partial charge in [-0.3, -0.25) is 0 Å². The van der Waals surface area contributed by atoms with Gasteiger partial charge >= 0.3 is 197 Å². The van der Waals surface area contributed by atoms with Crippen molar-refractivity contribution in [3.05, 3.63) is 89.5 Å². The molecule has 0 amide bonds. The molecule has 32 heavy (non-hydrogen) atoms. The van der Waals surface area contributed by atoms with Gasteiger partial charge in [-0.15, -0.1) is 0 Å². The SMILES string of the molecule is CN(C)Cc1cccc[c]1[Sn]([c]1ccccc1CN(C)C)[c]1ccccc1CN(C)C.[Li]. The van der Waals surface area contributed by atoms with E-state index in [1.807, 2.05) is 0 Å². The van der Waals surface area contributed by atoms with Crippen molar-refractivity contribution in [2.24, 2.45) is 0 Å². The van der Waals surface area contributed by atoms with Crippen molar-refractivity contribution >= 4 is 49.4 Å². The number of rotatable bonds is 9. The average Bonchev–Trinajstić information content (AvgIpc) is 2.70. The maximum Gasteiger partial charge on any atom is 0 e. The summed E-state index contributed by atoms with van der Waals surface area (Å²) in [7, 11) is 13.0. The third-order valence-electron chi connectivity index (χ3n) is 5.32. The number of benzene rings is 3. The molecule has 164 valence electrons. The molecule has 0 unspecified atom stereocenters. The van der Waals surface area contributed by atoms with Crippen LogP contribution in [0.3, 0.4) is 0 Å². The van der Waals surface area contributed by atoms with Crippen LogP contribution in [0.1, 0.15) is 16.7 Å². The Hall–Kier alpha value is -1.06. The molecule has 2 radical (unpaired) electrons. The Labute approximate surface area is 214 Å². The Kier molecular flexibility index (Phi) is 11.0. The third-order valence-corrected chi connectivity index (χ3v) is 14.1. The first-order valence-electron chi connectivity index (χ1n) is 10.9. The number of hydrogen-bond donors (Lipinski definition) is 0. The third kappa shape index (κ3) is 7.22. The normalized spacial score (nSPS) is 11.4.